The van der Waals surface area contributed by atoms with Crippen LogP contribution in [0.15, 0.2) is 24.3 Å². The van der Waals surface area contributed by atoms with Gasteiger partial charge in [0, 0.05) is 50.7 Å². The molecule has 1 aromatic rings. The molecule has 0 N–H and O–H groups in total. The van der Waals surface area contributed by atoms with Crippen molar-refractivity contribution in [3.05, 3.63) is 35.4 Å². The molecule has 0 bridgehead atoms. The quantitative estimate of drug-likeness (QED) is 0.755. The largest absolute Gasteiger partial charge is 0.340 e. The predicted octanol–water partition coefficient (Wildman–Crippen LogP) is 1.34. The third-order valence-corrected chi connectivity index (χ3v) is 7.62. The third-order valence-electron chi connectivity index (χ3n) is 5.74. The number of rotatable bonds is 4. The molecule has 0 spiro atoms. The summed E-state index contributed by atoms with van der Waals surface area (Å²) in [4.78, 5) is 29.0. The average Bonchev–Trinajstić information content (AvgIpc) is 2.73. The van der Waals surface area contributed by atoms with Crippen molar-refractivity contribution in [3.8, 4) is 0 Å². The fourth-order valence-corrected chi connectivity index (χ4v) is 4.92. The van der Waals surface area contributed by atoms with Crippen LogP contribution in [0.2, 0.25) is 0 Å². The number of carbonyl (C=O) groups is 2. The van der Waals surface area contributed by atoms with Crippen LogP contribution in [-0.2, 0) is 14.8 Å². The Kier molecular flexibility index (Phi) is 6.40. The van der Waals surface area contributed by atoms with E-state index in [1.54, 1.807) is 11.8 Å². The summed E-state index contributed by atoms with van der Waals surface area (Å²) >= 11 is 0. The molecular formula is C20H29N3O4S. The molecule has 0 unspecified atom stereocenters. The Bertz CT molecular complexity index is 806. The lowest BCUT2D eigenvalue weighted by Gasteiger charge is -2.38. The molecule has 0 atom stereocenters. The maximum Gasteiger partial charge on any atom is 0.253 e. The number of piperazine rings is 1. The molecule has 0 aromatic heterocycles. The van der Waals surface area contributed by atoms with Gasteiger partial charge >= 0.3 is 0 Å². The van der Waals surface area contributed by atoms with Crippen molar-refractivity contribution in [1.29, 1.82) is 0 Å². The van der Waals surface area contributed by atoms with Gasteiger partial charge in [0.25, 0.3) is 5.91 Å². The minimum Gasteiger partial charge on any atom is -0.340 e. The lowest BCUT2D eigenvalue weighted by atomic mass is 9.94. The van der Waals surface area contributed by atoms with Crippen LogP contribution in [0.25, 0.3) is 0 Å². The molecule has 2 fully saturated rings. The van der Waals surface area contributed by atoms with Crippen molar-refractivity contribution < 1.29 is 18.0 Å². The SMILES string of the molecule is CCS(=O)(=O)N1CCN(C(=O)C2CCN(C(=O)c3ccc(C)cc3)CC2)CC1. The van der Waals surface area contributed by atoms with Crippen molar-refractivity contribution in [1.82, 2.24) is 14.1 Å². The topological polar surface area (TPSA) is 78.0 Å². The molecule has 2 heterocycles. The predicted molar refractivity (Wildman–Crippen MR) is 107 cm³/mol. The zero-order valence-corrected chi connectivity index (χ0v) is 17.5. The van der Waals surface area contributed by atoms with Crippen molar-refractivity contribution in [2.45, 2.75) is 26.7 Å². The van der Waals surface area contributed by atoms with E-state index in [-0.39, 0.29) is 23.5 Å². The zero-order chi connectivity index (χ0) is 20.3. The van der Waals surface area contributed by atoms with Crippen LogP contribution in [0.4, 0.5) is 0 Å². The first-order chi connectivity index (χ1) is 13.3. The highest BCUT2D eigenvalue weighted by atomic mass is 32.2. The molecule has 7 nitrogen and oxygen atoms in total. The number of benzene rings is 1. The van der Waals surface area contributed by atoms with Gasteiger partial charge in [-0.2, -0.15) is 4.31 Å². The molecule has 154 valence electrons. The fraction of sp³-hybridized carbons (Fsp3) is 0.600. The zero-order valence-electron chi connectivity index (χ0n) is 16.6. The van der Waals surface area contributed by atoms with E-state index in [1.807, 2.05) is 36.1 Å². The van der Waals surface area contributed by atoms with Gasteiger partial charge < -0.3 is 9.80 Å². The molecule has 0 saturated carbocycles. The Morgan fingerprint density at radius 2 is 1.50 bits per heavy atom. The number of likely N-dealkylation sites (tertiary alicyclic amines) is 1. The normalized spacial score (nSPS) is 19.6. The van der Waals surface area contributed by atoms with E-state index in [2.05, 4.69) is 0 Å². The fourth-order valence-electron chi connectivity index (χ4n) is 3.84. The van der Waals surface area contributed by atoms with Crippen molar-refractivity contribution in [2.24, 2.45) is 5.92 Å². The van der Waals surface area contributed by atoms with Crippen LogP contribution in [0.1, 0.15) is 35.7 Å². The standard InChI is InChI=1S/C20H29N3O4S/c1-3-28(26,27)23-14-12-22(13-15-23)20(25)18-8-10-21(11-9-18)19(24)17-6-4-16(2)5-7-17/h4-7,18H,3,8-15H2,1-2H3. The van der Waals surface area contributed by atoms with E-state index in [0.717, 1.165) is 5.56 Å². The molecule has 0 radical (unpaired) electrons. The second kappa shape index (κ2) is 8.61. The molecule has 0 aliphatic carbocycles. The van der Waals surface area contributed by atoms with Crippen LogP contribution in [0, 0.1) is 12.8 Å². The van der Waals surface area contributed by atoms with Gasteiger partial charge in [-0.3, -0.25) is 9.59 Å². The highest BCUT2D eigenvalue weighted by molar-refractivity contribution is 7.89. The summed E-state index contributed by atoms with van der Waals surface area (Å²) in [5, 5.41) is 0. The Morgan fingerprint density at radius 3 is 2.04 bits per heavy atom. The summed E-state index contributed by atoms with van der Waals surface area (Å²) in [6.45, 7) is 6.41. The lowest BCUT2D eigenvalue weighted by Crippen LogP contribution is -2.53. The van der Waals surface area contributed by atoms with Crippen LogP contribution < -0.4 is 0 Å². The molecule has 3 rings (SSSR count). The Labute approximate surface area is 167 Å². The van der Waals surface area contributed by atoms with Crippen molar-refractivity contribution in [3.63, 3.8) is 0 Å². The molecule has 2 aliphatic rings. The minimum absolute atomic E-state index is 0.0179. The summed E-state index contributed by atoms with van der Waals surface area (Å²) in [6, 6.07) is 7.56. The van der Waals surface area contributed by atoms with Gasteiger partial charge in [0.1, 0.15) is 0 Å². The third kappa shape index (κ3) is 4.55. The first-order valence-corrected chi connectivity index (χ1v) is 11.6. The number of carbonyl (C=O) groups excluding carboxylic acids is 2. The van der Waals surface area contributed by atoms with E-state index in [0.29, 0.717) is 57.7 Å². The monoisotopic (exact) mass is 407 g/mol. The average molecular weight is 408 g/mol. The maximum atomic E-state index is 12.8. The molecule has 2 aliphatic heterocycles. The van der Waals surface area contributed by atoms with Gasteiger partial charge in [-0.05, 0) is 38.8 Å². The van der Waals surface area contributed by atoms with Gasteiger partial charge in [-0.15, -0.1) is 0 Å². The number of hydrogen-bond acceptors (Lipinski definition) is 4. The minimum atomic E-state index is -3.19. The van der Waals surface area contributed by atoms with Crippen LogP contribution in [0.3, 0.4) is 0 Å². The maximum absolute atomic E-state index is 12.8. The van der Waals surface area contributed by atoms with Crippen LogP contribution >= 0.6 is 0 Å². The highest BCUT2D eigenvalue weighted by Crippen LogP contribution is 2.22. The molecule has 28 heavy (non-hydrogen) atoms. The van der Waals surface area contributed by atoms with Gasteiger partial charge in [0.05, 0.1) is 5.75 Å². The molecule has 1 aromatic carbocycles. The smallest absolute Gasteiger partial charge is 0.253 e. The first kappa shape index (κ1) is 20.8. The second-order valence-electron chi connectivity index (χ2n) is 7.56. The van der Waals surface area contributed by atoms with Crippen molar-refractivity contribution in [2.75, 3.05) is 45.0 Å². The van der Waals surface area contributed by atoms with Gasteiger partial charge in [-0.1, -0.05) is 17.7 Å². The summed E-state index contributed by atoms with van der Waals surface area (Å²) in [7, 11) is -3.19. The van der Waals surface area contributed by atoms with Crippen LogP contribution in [-0.4, -0.2) is 79.4 Å². The highest BCUT2D eigenvalue weighted by Gasteiger charge is 2.33. The number of nitrogens with zero attached hydrogens (tertiary/aromatic N) is 3. The summed E-state index contributed by atoms with van der Waals surface area (Å²) in [5.41, 5.74) is 1.80. The number of amides is 2. The molecule has 2 saturated heterocycles. The van der Waals surface area contributed by atoms with Gasteiger partial charge in [0.2, 0.25) is 15.9 Å². The van der Waals surface area contributed by atoms with E-state index in [9.17, 15) is 18.0 Å². The van der Waals surface area contributed by atoms with Gasteiger partial charge in [-0.25, -0.2) is 8.42 Å². The summed E-state index contributed by atoms with van der Waals surface area (Å²) < 4.78 is 25.4. The molecule has 8 heteroatoms. The van der Waals surface area contributed by atoms with Crippen molar-refractivity contribution >= 4 is 21.8 Å². The van der Waals surface area contributed by atoms with E-state index in [1.165, 1.54) is 4.31 Å². The number of aryl methyl sites for hydroxylation is 1. The lowest BCUT2D eigenvalue weighted by molar-refractivity contribution is -0.138. The van der Waals surface area contributed by atoms with E-state index >= 15 is 0 Å². The Morgan fingerprint density at radius 1 is 0.929 bits per heavy atom. The number of hydrogen-bond donors (Lipinski definition) is 0. The van der Waals surface area contributed by atoms with E-state index in [4.69, 9.17) is 0 Å². The second-order valence-corrected chi connectivity index (χ2v) is 9.81. The molecule has 2 amide bonds. The van der Waals surface area contributed by atoms with Crippen LogP contribution in [0.5, 0.6) is 0 Å². The summed E-state index contributed by atoms with van der Waals surface area (Å²) in [5.74, 6) is 0.116. The number of piperidine rings is 1. The van der Waals surface area contributed by atoms with Gasteiger partial charge in [0.15, 0.2) is 0 Å². The first-order valence-electron chi connectivity index (χ1n) is 9.94. The Hall–Kier alpha value is -1.93. The summed E-state index contributed by atoms with van der Waals surface area (Å²) in [6.07, 6.45) is 1.31. The Balaban J connectivity index is 1.50. The number of sulfonamides is 1. The van der Waals surface area contributed by atoms with E-state index < -0.39 is 10.0 Å². The molecular weight excluding hydrogens is 378 g/mol.